The SMILES string of the molecule is CCC(N)Cc1ccc(OC)cc1OCc1cccnc1. The quantitative estimate of drug-likeness (QED) is 0.850. The molecule has 2 aromatic rings. The smallest absolute Gasteiger partial charge is 0.126 e. The topological polar surface area (TPSA) is 57.4 Å². The fraction of sp³-hybridized carbons (Fsp3) is 0.353. The van der Waals surface area contributed by atoms with E-state index in [1.807, 2.05) is 30.3 Å². The van der Waals surface area contributed by atoms with E-state index in [0.29, 0.717) is 6.61 Å². The highest BCUT2D eigenvalue weighted by Crippen LogP contribution is 2.27. The van der Waals surface area contributed by atoms with Gasteiger partial charge in [-0.25, -0.2) is 0 Å². The van der Waals surface area contributed by atoms with Gasteiger partial charge in [-0.1, -0.05) is 19.1 Å². The molecule has 1 heterocycles. The molecule has 0 aliphatic carbocycles. The molecular formula is C17H22N2O2. The van der Waals surface area contributed by atoms with Gasteiger partial charge < -0.3 is 15.2 Å². The van der Waals surface area contributed by atoms with Gasteiger partial charge in [0.1, 0.15) is 18.1 Å². The van der Waals surface area contributed by atoms with Gasteiger partial charge in [0.2, 0.25) is 0 Å². The molecule has 4 heteroatoms. The van der Waals surface area contributed by atoms with Crippen molar-refractivity contribution in [1.82, 2.24) is 4.98 Å². The zero-order valence-corrected chi connectivity index (χ0v) is 12.6. The Hall–Kier alpha value is -2.07. The van der Waals surface area contributed by atoms with Crippen molar-refractivity contribution in [2.24, 2.45) is 5.73 Å². The highest BCUT2D eigenvalue weighted by atomic mass is 16.5. The molecule has 2 N–H and O–H groups in total. The van der Waals surface area contributed by atoms with Crippen molar-refractivity contribution in [2.45, 2.75) is 32.4 Å². The molecule has 1 unspecified atom stereocenters. The summed E-state index contributed by atoms with van der Waals surface area (Å²) in [5, 5.41) is 0. The lowest BCUT2D eigenvalue weighted by molar-refractivity contribution is 0.299. The van der Waals surface area contributed by atoms with Crippen molar-refractivity contribution in [1.29, 1.82) is 0 Å². The molecule has 0 amide bonds. The van der Waals surface area contributed by atoms with Crippen LogP contribution >= 0.6 is 0 Å². The summed E-state index contributed by atoms with van der Waals surface area (Å²) in [7, 11) is 1.65. The lowest BCUT2D eigenvalue weighted by Crippen LogP contribution is -2.21. The first kappa shape index (κ1) is 15.3. The number of nitrogens with zero attached hydrogens (tertiary/aromatic N) is 1. The largest absolute Gasteiger partial charge is 0.497 e. The van der Waals surface area contributed by atoms with E-state index in [0.717, 1.165) is 35.5 Å². The van der Waals surface area contributed by atoms with E-state index in [4.69, 9.17) is 15.2 Å². The lowest BCUT2D eigenvalue weighted by atomic mass is 10.0. The molecule has 0 saturated heterocycles. The normalized spacial score (nSPS) is 12.0. The summed E-state index contributed by atoms with van der Waals surface area (Å²) in [6, 6.07) is 9.90. The predicted molar refractivity (Wildman–Crippen MR) is 83.5 cm³/mol. The summed E-state index contributed by atoms with van der Waals surface area (Å²) >= 11 is 0. The van der Waals surface area contributed by atoms with Gasteiger partial charge in [0.25, 0.3) is 0 Å². The molecule has 0 radical (unpaired) electrons. The lowest BCUT2D eigenvalue weighted by Gasteiger charge is -2.15. The number of rotatable bonds is 7. The van der Waals surface area contributed by atoms with E-state index < -0.39 is 0 Å². The van der Waals surface area contributed by atoms with Crippen molar-refractivity contribution >= 4 is 0 Å². The highest BCUT2D eigenvalue weighted by molar-refractivity contribution is 5.41. The van der Waals surface area contributed by atoms with Crippen molar-refractivity contribution in [2.75, 3.05) is 7.11 Å². The van der Waals surface area contributed by atoms with Gasteiger partial charge in [0, 0.05) is 30.1 Å². The number of aromatic nitrogens is 1. The van der Waals surface area contributed by atoms with Crippen LogP contribution in [-0.4, -0.2) is 18.1 Å². The Morgan fingerprint density at radius 2 is 2.14 bits per heavy atom. The van der Waals surface area contributed by atoms with E-state index in [-0.39, 0.29) is 6.04 Å². The standard InChI is InChI=1S/C17H22N2O2/c1-3-15(18)9-14-6-7-16(20-2)10-17(14)21-12-13-5-4-8-19-11-13/h4-8,10-11,15H,3,9,12,18H2,1-2H3. The molecule has 0 fully saturated rings. The zero-order valence-electron chi connectivity index (χ0n) is 12.6. The van der Waals surface area contributed by atoms with Crippen molar-refractivity contribution < 1.29 is 9.47 Å². The third kappa shape index (κ3) is 4.46. The second-order valence-electron chi connectivity index (χ2n) is 5.00. The van der Waals surface area contributed by atoms with Gasteiger partial charge in [-0.15, -0.1) is 0 Å². The maximum atomic E-state index is 6.05. The molecule has 112 valence electrons. The van der Waals surface area contributed by atoms with Gasteiger partial charge in [0.15, 0.2) is 0 Å². The van der Waals surface area contributed by atoms with Crippen LogP contribution in [0.1, 0.15) is 24.5 Å². The minimum atomic E-state index is 0.138. The molecular weight excluding hydrogens is 264 g/mol. The fourth-order valence-corrected chi connectivity index (χ4v) is 2.04. The molecule has 0 spiro atoms. The Morgan fingerprint density at radius 3 is 2.81 bits per heavy atom. The monoisotopic (exact) mass is 286 g/mol. The first-order valence-electron chi connectivity index (χ1n) is 7.17. The minimum absolute atomic E-state index is 0.138. The number of hydrogen-bond acceptors (Lipinski definition) is 4. The van der Waals surface area contributed by atoms with E-state index in [1.54, 1.807) is 19.5 Å². The van der Waals surface area contributed by atoms with E-state index >= 15 is 0 Å². The Balaban J connectivity index is 2.14. The third-order valence-electron chi connectivity index (χ3n) is 3.40. The number of pyridine rings is 1. The molecule has 1 atom stereocenters. The third-order valence-corrected chi connectivity index (χ3v) is 3.40. The second kappa shape index (κ2) is 7.64. The summed E-state index contributed by atoms with van der Waals surface area (Å²) in [5.41, 5.74) is 8.19. The fourth-order valence-electron chi connectivity index (χ4n) is 2.04. The second-order valence-corrected chi connectivity index (χ2v) is 5.00. The van der Waals surface area contributed by atoms with Crippen LogP contribution in [0.5, 0.6) is 11.5 Å². The van der Waals surface area contributed by atoms with E-state index in [2.05, 4.69) is 11.9 Å². The summed E-state index contributed by atoms with van der Waals surface area (Å²) in [5.74, 6) is 1.60. The average Bonchev–Trinajstić information content (AvgIpc) is 2.54. The van der Waals surface area contributed by atoms with Gasteiger partial charge in [-0.2, -0.15) is 0 Å². The van der Waals surface area contributed by atoms with Gasteiger partial charge >= 0.3 is 0 Å². The van der Waals surface area contributed by atoms with Crippen LogP contribution in [0.4, 0.5) is 0 Å². The van der Waals surface area contributed by atoms with Crippen LogP contribution < -0.4 is 15.2 Å². The van der Waals surface area contributed by atoms with Gasteiger partial charge in [-0.3, -0.25) is 4.98 Å². The van der Waals surface area contributed by atoms with Crippen molar-refractivity contribution in [3.05, 3.63) is 53.9 Å². The maximum Gasteiger partial charge on any atom is 0.126 e. The number of nitrogens with two attached hydrogens (primary N) is 1. The summed E-state index contributed by atoms with van der Waals surface area (Å²) in [6.45, 7) is 2.57. The first-order chi connectivity index (χ1) is 10.2. The molecule has 1 aromatic heterocycles. The molecule has 2 rings (SSSR count). The Morgan fingerprint density at radius 1 is 1.29 bits per heavy atom. The van der Waals surface area contributed by atoms with E-state index in [9.17, 15) is 0 Å². The van der Waals surface area contributed by atoms with Crippen molar-refractivity contribution in [3.63, 3.8) is 0 Å². The molecule has 0 aliphatic rings. The van der Waals surface area contributed by atoms with Crippen LogP contribution in [0.3, 0.4) is 0 Å². The number of ether oxygens (including phenoxy) is 2. The minimum Gasteiger partial charge on any atom is -0.497 e. The number of methoxy groups -OCH3 is 1. The van der Waals surface area contributed by atoms with Crippen LogP contribution in [-0.2, 0) is 13.0 Å². The average molecular weight is 286 g/mol. The van der Waals surface area contributed by atoms with Crippen LogP contribution in [0.2, 0.25) is 0 Å². The molecule has 1 aromatic carbocycles. The Bertz CT molecular complexity index is 558. The molecule has 0 saturated carbocycles. The molecule has 0 bridgehead atoms. The van der Waals surface area contributed by atoms with Gasteiger partial charge in [0.05, 0.1) is 7.11 Å². The molecule has 0 aliphatic heterocycles. The van der Waals surface area contributed by atoms with E-state index in [1.165, 1.54) is 0 Å². The summed E-state index contributed by atoms with van der Waals surface area (Å²) < 4.78 is 11.2. The van der Waals surface area contributed by atoms with Crippen LogP contribution in [0, 0.1) is 0 Å². The highest BCUT2D eigenvalue weighted by Gasteiger charge is 2.10. The maximum absolute atomic E-state index is 6.05. The predicted octanol–water partition coefficient (Wildman–Crippen LogP) is 2.95. The first-order valence-corrected chi connectivity index (χ1v) is 7.17. The number of benzene rings is 1. The van der Waals surface area contributed by atoms with Crippen LogP contribution in [0.15, 0.2) is 42.7 Å². The van der Waals surface area contributed by atoms with Crippen LogP contribution in [0.25, 0.3) is 0 Å². The number of hydrogen-bond donors (Lipinski definition) is 1. The summed E-state index contributed by atoms with van der Waals surface area (Å²) in [6.07, 6.45) is 5.29. The van der Waals surface area contributed by atoms with Crippen molar-refractivity contribution in [3.8, 4) is 11.5 Å². The molecule has 4 nitrogen and oxygen atoms in total. The Labute approximate surface area is 125 Å². The molecule has 21 heavy (non-hydrogen) atoms. The zero-order chi connectivity index (χ0) is 15.1. The summed E-state index contributed by atoms with van der Waals surface area (Å²) in [4.78, 5) is 4.09. The Kier molecular flexibility index (Phi) is 5.58. The van der Waals surface area contributed by atoms with Gasteiger partial charge in [-0.05, 0) is 30.5 Å².